The lowest BCUT2D eigenvalue weighted by Crippen LogP contribution is -2.44. The van der Waals surface area contributed by atoms with E-state index in [1.165, 1.54) is 6.20 Å². The number of ether oxygens (including phenoxy) is 1. The third-order valence-electron chi connectivity index (χ3n) is 5.80. The van der Waals surface area contributed by atoms with Crippen LogP contribution in [0.3, 0.4) is 0 Å². The second-order valence-corrected chi connectivity index (χ2v) is 7.84. The molecule has 2 N–H and O–H groups in total. The first-order valence-corrected chi connectivity index (χ1v) is 10.5. The second kappa shape index (κ2) is 8.31. The average molecular weight is 417 g/mol. The van der Waals surface area contributed by atoms with Gasteiger partial charge in [0.15, 0.2) is 0 Å². The van der Waals surface area contributed by atoms with Gasteiger partial charge in [-0.25, -0.2) is 4.98 Å². The van der Waals surface area contributed by atoms with Crippen molar-refractivity contribution in [1.29, 1.82) is 0 Å². The average Bonchev–Trinajstić information content (AvgIpc) is 2.81. The van der Waals surface area contributed by atoms with Gasteiger partial charge in [-0.2, -0.15) is 0 Å². The molecule has 0 unspecified atom stereocenters. The second-order valence-electron chi connectivity index (χ2n) is 7.84. The van der Waals surface area contributed by atoms with Gasteiger partial charge >= 0.3 is 0 Å². The minimum absolute atomic E-state index is 0.0153. The Bertz CT molecular complexity index is 1140. The first-order valence-electron chi connectivity index (χ1n) is 10.5. The van der Waals surface area contributed by atoms with E-state index in [2.05, 4.69) is 20.6 Å². The van der Waals surface area contributed by atoms with Crippen molar-refractivity contribution in [3.8, 4) is 0 Å². The molecule has 2 aromatic heterocycles. The summed E-state index contributed by atoms with van der Waals surface area (Å²) in [6.45, 7) is 2.26. The van der Waals surface area contributed by atoms with E-state index >= 15 is 0 Å². The van der Waals surface area contributed by atoms with Crippen LogP contribution in [0.4, 0.5) is 17.2 Å². The molecule has 4 heterocycles. The summed E-state index contributed by atoms with van der Waals surface area (Å²) in [6.07, 6.45) is 5.11. The Hall–Kier alpha value is -3.52. The topological polar surface area (TPSA) is 96.5 Å². The van der Waals surface area contributed by atoms with Gasteiger partial charge in [-0.1, -0.05) is 6.07 Å². The molecule has 1 aromatic carbocycles. The summed E-state index contributed by atoms with van der Waals surface area (Å²) in [5.74, 6) is 0.705. The summed E-state index contributed by atoms with van der Waals surface area (Å²) in [7, 11) is 0. The smallest absolute Gasteiger partial charge is 0.257 e. The Morgan fingerprint density at radius 1 is 1.19 bits per heavy atom. The van der Waals surface area contributed by atoms with Crippen LogP contribution < -0.4 is 15.5 Å². The van der Waals surface area contributed by atoms with Crippen molar-refractivity contribution in [1.82, 2.24) is 9.97 Å². The van der Waals surface area contributed by atoms with Crippen LogP contribution >= 0.6 is 0 Å². The predicted octanol–water partition coefficient (Wildman–Crippen LogP) is 3.07. The highest BCUT2D eigenvalue weighted by atomic mass is 16.5. The third kappa shape index (κ3) is 3.94. The van der Waals surface area contributed by atoms with Crippen LogP contribution in [-0.2, 0) is 9.53 Å². The van der Waals surface area contributed by atoms with Crippen LogP contribution in [0.5, 0.6) is 0 Å². The minimum Gasteiger partial charge on any atom is -0.381 e. The number of nitrogens with one attached hydrogen (secondary N) is 2. The highest BCUT2D eigenvalue weighted by Crippen LogP contribution is 2.31. The molecular weight excluding hydrogens is 394 g/mol. The van der Waals surface area contributed by atoms with E-state index in [1.54, 1.807) is 17.2 Å². The standard InChI is InChI=1S/C23H23N5O3/c29-21-13-26-22-20(28(21)14-15-6-9-31-10-7-15)11-16(12-25-22)23(30)27-19-5-1-4-18-17(19)3-2-8-24-18/h1-5,8,11-12,15H,6-7,9-10,13-14H2,(H,25,26)(H,27,30). The summed E-state index contributed by atoms with van der Waals surface area (Å²) in [6, 6.07) is 11.1. The molecule has 0 bridgehead atoms. The van der Waals surface area contributed by atoms with Gasteiger partial charge in [0.2, 0.25) is 5.91 Å². The van der Waals surface area contributed by atoms with E-state index in [4.69, 9.17) is 4.74 Å². The number of carbonyl (C=O) groups excluding carboxylic acids is 2. The molecule has 2 aliphatic heterocycles. The highest BCUT2D eigenvalue weighted by Gasteiger charge is 2.29. The molecule has 0 spiro atoms. The molecule has 158 valence electrons. The molecule has 8 nitrogen and oxygen atoms in total. The van der Waals surface area contributed by atoms with E-state index in [-0.39, 0.29) is 18.4 Å². The molecule has 1 saturated heterocycles. The minimum atomic E-state index is -0.282. The van der Waals surface area contributed by atoms with Gasteiger partial charge in [-0.05, 0) is 49.1 Å². The zero-order chi connectivity index (χ0) is 21.2. The van der Waals surface area contributed by atoms with Crippen LogP contribution in [0.15, 0.2) is 48.8 Å². The number of carbonyl (C=O) groups is 2. The molecule has 0 saturated carbocycles. The SMILES string of the molecule is O=C(Nc1cccc2ncccc12)c1cnc2c(c1)N(CC1CCOCC1)C(=O)CN2. The molecule has 0 atom stereocenters. The van der Waals surface area contributed by atoms with E-state index in [0.29, 0.717) is 35.2 Å². The van der Waals surface area contributed by atoms with Crippen LogP contribution in [0.1, 0.15) is 23.2 Å². The molecule has 2 amide bonds. The van der Waals surface area contributed by atoms with Crippen molar-refractivity contribution in [2.75, 3.05) is 41.8 Å². The zero-order valence-electron chi connectivity index (χ0n) is 17.0. The maximum Gasteiger partial charge on any atom is 0.257 e. The maximum absolute atomic E-state index is 13.0. The summed E-state index contributed by atoms with van der Waals surface area (Å²) in [5.41, 5.74) is 2.53. The Balaban J connectivity index is 1.41. The molecule has 0 aliphatic carbocycles. The molecular formula is C23H23N5O3. The number of anilines is 3. The van der Waals surface area contributed by atoms with Gasteiger partial charge < -0.3 is 20.3 Å². The van der Waals surface area contributed by atoms with Gasteiger partial charge in [-0.15, -0.1) is 0 Å². The lowest BCUT2D eigenvalue weighted by molar-refractivity contribution is -0.117. The molecule has 8 heteroatoms. The number of rotatable bonds is 4. The number of aromatic nitrogens is 2. The van der Waals surface area contributed by atoms with E-state index in [0.717, 1.165) is 37.0 Å². The first kappa shape index (κ1) is 19.4. The highest BCUT2D eigenvalue weighted by molar-refractivity contribution is 6.10. The fourth-order valence-corrected chi connectivity index (χ4v) is 4.10. The third-order valence-corrected chi connectivity index (χ3v) is 5.80. The Morgan fingerprint density at radius 2 is 2.06 bits per heavy atom. The Labute approximate surface area is 179 Å². The van der Waals surface area contributed by atoms with E-state index in [1.807, 2.05) is 30.3 Å². The fourth-order valence-electron chi connectivity index (χ4n) is 4.10. The summed E-state index contributed by atoms with van der Waals surface area (Å²) in [5, 5.41) is 6.87. The van der Waals surface area contributed by atoms with Crippen molar-refractivity contribution in [2.45, 2.75) is 12.8 Å². The normalized spacial score (nSPS) is 16.6. The number of hydrogen-bond acceptors (Lipinski definition) is 6. The summed E-state index contributed by atoms with van der Waals surface area (Å²) in [4.78, 5) is 36.2. The molecule has 0 radical (unpaired) electrons. The van der Waals surface area contributed by atoms with Gasteiger partial charge in [0, 0.05) is 37.5 Å². The monoisotopic (exact) mass is 417 g/mol. The summed E-state index contributed by atoms with van der Waals surface area (Å²) < 4.78 is 5.44. The summed E-state index contributed by atoms with van der Waals surface area (Å²) >= 11 is 0. The lowest BCUT2D eigenvalue weighted by atomic mass is 9.99. The van der Waals surface area contributed by atoms with E-state index in [9.17, 15) is 9.59 Å². The number of hydrogen-bond donors (Lipinski definition) is 2. The van der Waals surface area contributed by atoms with Gasteiger partial charge in [0.1, 0.15) is 5.82 Å². The number of pyridine rings is 2. The fraction of sp³-hybridized carbons (Fsp3) is 0.304. The number of fused-ring (bicyclic) bond motifs is 2. The quantitative estimate of drug-likeness (QED) is 0.677. The van der Waals surface area contributed by atoms with Crippen molar-refractivity contribution in [2.24, 2.45) is 5.92 Å². The van der Waals surface area contributed by atoms with Crippen LogP contribution in [-0.4, -0.2) is 48.1 Å². The molecule has 2 aliphatic rings. The van der Waals surface area contributed by atoms with Crippen molar-refractivity contribution in [3.63, 3.8) is 0 Å². The van der Waals surface area contributed by atoms with Crippen LogP contribution in [0, 0.1) is 5.92 Å². The molecule has 3 aromatic rings. The van der Waals surface area contributed by atoms with Gasteiger partial charge in [0.25, 0.3) is 5.91 Å². The van der Waals surface area contributed by atoms with Crippen LogP contribution in [0.2, 0.25) is 0 Å². The molecule has 31 heavy (non-hydrogen) atoms. The van der Waals surface area contributed by atoms with Crippen molar-refractivity contribution >= 4 is 39.9 Å². The van der Waals surface area contributed by atoms with Crippen molar-refractivity contribution in [3.05, 3.63) is 54.4 Å². The Kier molecular flexibility index (Phi) is 5.21. The predicted molar refractivity (Wildman–Crippen MR) is 118 cm³/mol. The number of nitrogens with zero attached hydrogens (tertiary/aromatic N) is 3. The van der Waals surface area contributed by atoms with Gasteiger partial charge in [-0.3, -0.25) is 14.6 Å². The van der Waals surface area contributed by atoms with Crippen molar-refractivity contribution < 1.29 is 14.3 Å². The van der Waals surface area contributed by atoms with E-state index < -0.39 is 0 Å². The van der Waals surface area contributed by atoms with Crippen LogP contribution in [0.25, 0.3) is 10.9 Å². The lowest BCUT2D eigenvalue weighted by Gasteiger charge is -2.33. The largest absolute Gasteiger partial charge is 0.381 e. The number of benzene rings is 1. The van der Waals surface area contributed by atoms with Gasteiger partial charge in [0.05, 0.1) is 29.0 Å². The number of amides is 2. The molecule has 1 fully saturated rings. The zero-order valence-corrected chi connectivity index (χ0v) is 17.0. The maximum atomic E-state index is 13.0. The Morgan fingerprint density at radius 3 is 2.94 bits per heavy atom. The molecule has 5 rings (SSSR count). The first-order chi connectivity index (χ1) is 15.2.